The number of carbonyl (C=O) groups is 1. The molecule has 1 unspecified atom stereocenters. The monoisotopic (exact) mass is 499 g/mol. The van der Waals surface area contributed by atoms with Gasteiger partial charge in [-0.25, -0.2) is 16.8 Å². The normalized spacial score (nSPS) is 16.2. The Kier molecular flexibility index (Phi) is 7.64. The minimum Gasteiger partial charge on any atom is -0.352 e. The van der Waals surface area contributed by atoms with Crippen molar-refractivity contribution in [2.24, 2.45) is 5.92 Å². The van der Waals surface area contributed by atoms with E-state index in [-0.39, 0.29) is 26.8 Å². The summed E-state index contributed by atoms with van der Waals surface area (Å²) in [5, 5.41) is 4.46. The summed E-state index contributed by atoms with van der Waals surface area (Å²) < 4.78 is 55.2. The van der Waals surface area contributed by atoms with Gasteiger partial charge in [-0.15, -0.1) is 11.3 Å². The van der Waals surface area contributed by atoms with Crippen LogP contribution in [0, 0.1) is 5.92 Å². The lowest BCUT2D eigenvalue weighted by Crippen LogP contribution is -2.44. The third-order valence-electron chi connectivity index (χ3n) is 5.52. The Balaban J connectivity index is 1.99. The third-order valence-corrected chi connectivity index (χ3v) is 10.6. The number of benzene rings is 1. The predicted molar refractivity (Wildman–Crippen MR) is 126 cm³/mol. The molecule has 3 rings (SSSR count). The molecule has 176 valence electrons. The molecule has 1 atom stereocenters. The summed E-state index contributed by atoms with van der Waals surface area (Å²) in [6.07, 6.45) is 1.60. The first-order valence-corrected chi connectivity index (χ1v) is 14.3. The molecule has 1 N–H and O–H groups in total. The van der Waals surface area contributed by atoms with E-state index in [0.717, 1.165) is 28.5 Å². The number of amides is 1. The largest absolute Gasteiger partial charge is 0.352 e. The molecule has 1 amide bonds. The van der Waals surface area contributed by atoms with E-state index in [1.807, 2.05) is 20.8 Å². The minimum atomic E-state index is -4.06. The van der Waals surface area contributed by atoms with Gasteiger partial charge in [0.25, 0.3) is 10.0 Å². The molecule has 0 aliphatic carbocycles. The SMILES string of the molecule is CC(C)C(C)NC(=O)CN(c1cccc(S(=O)(=O)N2CCCC2)c1)S(=O)(=O)c1cccs1. The summed E-state index contributed by atoms with van der Waals surface area (Å²) in [5.74, 6) is -0.283. The molecule has 8 nitrogen and oxygen atoms in total. The number of rotatable bonds is 9. The van der Waals surface area contributed by atoms with E-state index >= 15 is 0 Å². The summed E-state index contributed by atoms with van der Waals surface area (Å²) in [6, 6.07) is 8.73. The average molecular weight is 500 g/mol. The standard InChI is InChI=1S/C21H29N3O5S3/c1-16(2)17(3)22-20(25)15-24(32(28,29)21-10-7-13-30-21)18-8-6-9-19(14-18)31(26,27)23-11-4-5-12-23/h6-10,13-14,16-17H,4-5,11-12,15H2,1-3H3,(H,22,25). The molecule has 0 bridgehead atoms. The first-order valence-electron chi connectivity index (χ1n) is 10.5. The number of nitrogens with one attached hydrogen (secondary N) is 1. The Morgan fingerprint density at radius 2 is 1.78 bits per heavy atom. The van der Waals surface area contributed by atoms with Crippen LogP contribution in [-0.4, -0.2) is 52.7 Å². The van der Waals surface area contributed by atoms with Crippen molar-refractivity contribution in [2.45, 2.75) is 48.8 Å². The molecule has 1 aromatic heterocycles. The first kappa shape index (κ1) is 24.7. The third kappa shape index (κ3) is 5.33. The lowest BCUT2D eigenvalue weighted by Gasteiger charge is -2.26. The second-order valence-electron chi connectivity index (χ2n) is 8.15. The number of thiophene rings is 1. The van der Waals surface area contributed by atoms with E-state index in [4.69, 9.17) is 0 Å². The Hall–Kier alpha value is -1.95. The number of sulfonamides is 2. The highest BCUT2D eigenvalue weighted by atomic mass is 32.2. The van der Waals surface area contributed by atoms with Crippen molar-refractivity contribution in [3.63, 3.8) is 0 Å². The van der Waals surface area contributed by atoms with Gasteiger partial charge in [-0.2, -0.15) is 4.31 Å². The maximum absolute atomic E-state index is 13.4. The minimum absolute atomic E-state index is 0.0132. The van der Waals surface area contributed by atoms with Gasteiger partial charge >= 0.3 is 0 Å². The number of nitrogens with zero attached hydrogens (tertiary/aromatic N) is 2. The van der Waals surface area contributed by atoms with Crippen molar-refractivity contribution < 1.29 is 21.6 Å². The number of anilines is 1. The topological polar surface area (TPSA) is 104 Å². The average Bonchev–Trinajstić information content (AvgIpc) is 3.46. The van der Waals surface area contributed by atoms with Gasteiger partial charge in [0.05, 0.1) is 10.6 Å². The first-order chi connectivity index (χ1) is 15.0. The van der Waals surface area contributed by atoms with E-state index < -0.39 is 32.5 Å². The molecule has 1 aliphatic rings. The Labute approximate surface area is 194 Å². The highest BCUT2D eigenvalue weighted by Gasteiger charge is 2.31. The zero-order valence-electron chi connectivity index (χ0n) is 18.4. The number of carbonyl (C=O) groups excluding carboxylic acids is 1. The summed E-state index contributed by atoms with van der Waals surface area (Å²) in [4.78, 5) is 12.7. The second-order valence-corrected chi connectivity index (χ2v) is 13.1. The zero-order valence-corrected chi connectivity index (χ0v) is 20.8. The van der Waals surface area contributed by atoms with Crippen molar-refractivity contribution in [3.05, 3.63) is 41.8 Å². The van der Waals surface area contributed by atoms with Crippen molar-refractivity contribution in [1.82, 2.24) is 9.62 Å². The Morgan fingerprint density at radius 3 is 2.38 bits per heavy atom. The van der Waals surface area contributed by atoms with Gasteiger partial charge in [-0.3, -0.25) is 9.10 Å². The van der Waals surface area contributed by atoms with Crippen molar-refractivity contribution in [3.8, 4) is 0 Å². The summed E-state index contributed by atoms with van der Waals surface area (Å²) in [6.45, 7) is 6.20. The van der Waals surface area contributed by atoms with E-state index in [2.05, 4.69) is 5.32 Å². The van der Waals surface area contributed by atoms with Gasteiger partial charge in [0.2, 0.25) is 15.9 Å². The van der Waals surface area contributed by atoms with Crippen LogP contribution < -0.4 is 9.62 Å². The summed E-state index contributed by atoms with van der Waals surface area (Å²) in [5.41, 5.74) is 0.131. The van der Waals surface area contributed by atoms with Crippen molar-refractivity contribution >= 4 is 43.0 Å². The smallest absolute Gasteiger partial charge is 0.274 e. The summed E-state index contributed by atoms with van der Waals surface area (Å²) in [7, 11) is -7.80. The van der Waals surface area contributed by atoms with Gasteiger partial charge in [0, 0.05) is 19.1 Å². The molecular formula is C21H29N3O5S3. The van der Waals surface area contributed by atoms with Crippen LogP contribution in [0.1, 0.15) is 33.6 Å². The van der Waals surface area contributed by atoms with E-state index in [0.29, 0.717) is 13.1 Å². The van der Waals surface area contributed by atoms with Gasteiger partial charge in [0.15, 0.2) is 0 Å². The maximum atomic E-state index is 13.4. The zero-order chi connectivity index (χ0) is 23.5. The van der Waals surface area contributed by atoms with E-state index in [1.54, 1.807) is 11.4 Å². The van der Waals surface area contributed by atoms with Crippen LogP contribution in [0.15, 0.2) is 50.9 Å². The van der Waals surface area contributed by atoms with Crippen LogP contribution in [0.3, 0.4) is 0 Å². The molecule has 1 aromatic carbocycles. The maximum Gasteiger partial charge on any atom is 0.274 e. The van der Waals surface area contributed by atoms with Crippen LogP contribution in [-0.2, 0) is 24.8 Å². The molecule has 11 heteroatoms. The Bertz CT molecular complexity index is 1140. The fraction of sp³-hybridized carbons (Fsp3) is 0.476. The number of hydrogen-bond acceptors (Lipinski definition) is 6. The van der Waals surface area contributed by atoms with Crippen LogP contribution in [0.25, 0.3) is 0 Å². The second kappa shape index (κ2) is 9.90. The van der Waals surface area contributed by atoms with E-state index in [9.17, 15) is 21.6 Å². The van der Waals surface area contributed by atoms with Crippen molar-refractivity contribution in [1.29, 1.82) is 0 Å². The molecule has 2 heterocycles. The molecule has 0 spiro atoms. The lowest BCUT2D eigenvalue weighted by molar-refractivity contribution is -0.120. The van der Waals surface area contributed by atoms with Gasteiger partial charge in [-0.1, -0.05) is 26.0 Å². The molecule has 1 aliphatic heterocycles. The van der Waals surface area contributed by atoms with Crippen LogP contribution in [0.2, 0.25) is 0 Å². The van der Waals surface area contributed by atoms with E-state index in [1.165, 1.54) is 34.6 Å². The van der Waals surface area contributed by atoms with Crippen LogP contribution in [0.5, 0.6) is 0 Å². The molecule has 32 heavy (non-hydrogen) atoms. The Morgan fingerprint density at radius 1 is 1.09 bits per heavy atom. The van der Waals surface area contributed by atoms with Gasteiger partial charge in [-0.05, 0) is 55.3 Å². The molecule has 1 fully saturated rings. The molecule has 0 saturated carbocycles. The van der Waals surface area contributed by atoms with Crippen LogP contribution in [0.4, 0.5) is 5.69 Å². The summed E-state index contributed by atoms with van der Waals surface area (Å²) >= 11 is 1.04. The molecule has 0 radical (unpaired) electrons. The molecule has 1 saturated heterocycles. The van der Waals surface area contributed by atoms with Gasteiger partial charge in [0.1, 0.15) is 10.8 Å². The number of hydrogen-bond donors (Lipinski definition) is 1. The predicted octanol–water partition coefficient (Wildman–Crippen LogP) is 2.89. The highest BCUT2D eigenvalue weighted by Crippen LogP contribution is 2.29. The van der Waals surface area contributed by atoms with Crippen LogP contribution >= 0.6 is 11.3 Å². The van der Waals surface area contributed by atoms with Gasteiger partial charge < -0.3 is 5.32 Å². The quantitative estimate of drug-likeness (QED) is 0.571. The fourth-order valence-electron chi connectivity index (χ4n) is 3.31. The highest BCUT2D eigenvalue weighted by molar-refractivity contribution is 7.94. The lowest BCUT2D eigenvalue weighted by atomic mass is 10.1. The van der Waals surface area contributed by atoms with Crippen molar-refractivity contribution in [2.75, 3.05) is 23.9 Å². The molecule has 2 aromatic rings. The molecular weight excluding hydrogens is 470 g/mol. The fourth-order valence-corrected chi connectivity index (χ4v) is 7.38.